The van der Waals surface area contributed by atoms with E-state index in [9.17, 15) is 0 Å². The topological polar surface area (TPSA) is 0 Å². The summed E-state index contributed by atoms with van der Waals surface area (Å²) in [5.74, 6) is 0. The van der Waals surface area contributed by atoms with E-state index in [1.165, 1.54) is 0 Å². The van der Waals surface area contributed by atoms with Gasteiger partial charge in [-0.15, -0.1) is 0 Å². The van der Waals surface area contributed by atoms with Crippen molar-refractivity contribution in [2.24, 2.45) is 0 Å². The van der Waals surface area contributed by atoms with E-state index in [-0.39, 0.29) is 51.4 Å². The molecule has 5 heteroatoms. The molecule has 0 aromatic carbocycles. The molecule has 0 nitrogen and oxygen atoms in total. The van der Waals surface area contributed by atoms with Crippen LogP contribution in [-0.2, 0) is 15.2 Å². The first-order valence-corrected chi connectivity index (χ1v) is 8.40. The summed E-state index contributed by atoms with van der Waals surface area (Å²) >= 11 is -1.79. The number of hydrogen-bond donors (Lipinski definition) is 0. The molecule has 0 aromatic rings. The zero-order valence-corrected chi connectivity index (χ0v) is 9.99. The monoisotopic (exact) mass is 341 g/mol. The summed E-state index contributed by atoms with van der Waals surface area (Å²) in [6.45, 7) is 0. The Labute approximate surface area is 91.5 Å². The molecule has 0 N–H and O–H groups in total. The van der Waals surface area contributed by atoms with E-state index in [4.69, 9.17) is 27.6 Å². The Morgan fingerprint density at radius 1 is 1.00 bits per heavy atom. The van der Waals surface area contributed by atoms with Gasteiger partial charge in [0, 0.05) is 51.4 Å². The molecule has 0 aliphatic carbocycles. The van der Waals surface area contributed by atoms with Crippen molar-refractivity contribution in [2.75, 3.05) is 0 Å². The van der Waals surface area contributed by atoms with Crippen LogP contribution >= 0.6 is 27.6 Å². The third kappa shape index (κ3) is 18.9. The summed E-state index contributed by atoms with van der Waals surface area (Å²) in [6.07, 6.45) is 0. The summed E-state index contributed by atoms with van der Waals surface area (Å²) in [7, 11) is 14.9. The first kappa shape index (κ1) is 11.1. The normalized spacial score (nSPS) is 9.00. The van der Waals surface area contributed by atoms with Crippen LogP contribution in [0.4, 0.5) is 0 Å². The third-order valence-corrected chi connectivity index (χ3v) is 0. The minimum absolute atomic E-state index is 0. The molecule has 0 amide bonds. The van der Waals surface area contributed by atoms with Crippen LogP contribution in [0.2, 0.25) is 0 Å². The van der Waals surface area contributed by atoms with Gasteiger partial charge in [-0.25, -0.2) is 0 Å². The second kappa shape index (κ2) is 7.25. The maximum Gasteiger partial charge on any atom is 0 e. The van der Waals surface area contributed by atoms with Crippen LogP contribution in [0.25, 0.3) is 0 Å². The molecule has 0 aliphatic heterocycles. The van der Waals surface area contributed by atoms with Gasteiger partial charge in [0.2, 0.25) is 0 Å². The smallest absolute Gasteiger partial charge is 0 e. The summed E-state index contributed by atoms with van der Waals surface area (Å²) in [4.78, 5) is 0. The molecule has 5 heavy (non-hydrogen) atoms. The van der Waals surface area contributed by atoms with E-state index in [0.717, 1.165) is 0 Å². The minimum Gasteiger partial charge on any atom is 0 e. The van der Waals surface area contributed by atoms with Gasteiger partial charge in [0.15, 0.2) is 0 Å². The molecular weight excluding hydrogens is 342 g/mol. The van der Waals surface area contributed by atoms with E-state index in [1.807, 2.05) is 0 Å². The molecule has 0 saturated carbocycles. The van der Waals surface area contributed by atoms with Crippen LogP contribution in [0.5, 0.6) is 0 Å². The van der Waals surface area contributed by atoms with Gasteiger partial charge in [-0.1, -0.05) is 0 Å². The summed E-state index contributed by atoms with van der Waals surface area (Å²) in [5, 5.41) is 0. The van der Waals surface area contributed by atoms with Crippen LogP contribution in [0.1, 0.15) is 0 Å². The van der Waals surface area contributed by atoms with Gasteiger partial charge in [0.25, 0.3) is 0 Å². The fourth-order valence-corrected chi connectivity index (χ4v) is 0. The molecule has 0 aliphatic rings. The quantitative estimate of drug-likeness (QED) is 0.588. The van der Waals surface area contributed by atoms with Gasteiger partial charge in [0.05, 0.1) is 0 Å². The third-order valence-electron chi connectivity index (χ3n) is 0. The Morgan fingerprint density at radius 2 is 1.00 bits per heavy atom. The van der Waals surface area contributed by atoms with E-state index in [2.05, 4.69) is 0 Å². The van der Waals surface area contributed by atoms with Crippen molar-refractivity contribution in [3.8, 4) is 0 Å². The van der Waals surface area contributed by atoms with Crippen molar-refractivity contribution in [3.05, 3.63) is 0 Å². The second-order valence-electron chi connectivity index (χ2n) is 0.129. The maximum absolute atomic E-state index is 4.95. The number of halogens is 3. The Balaban J connectivity index is 0. The zero-order valence-electron chi connectivity index (χ0n) is 2.44. The molecule has 0 atom stereocenters. The number of hydrogen-bond acceptors (Lipinski definition) is 0. The fraction of sp³-hybridized carbons (Fsp3) is 0. The van der Waals surface area contributed by atoms with Crippen molar-refractivity contribution in [3.63, 3.8) is 0 Å². The predicted molar refractivity (Wildman–Crippen MR) is 23.3 cm³/mol. The molecule has 33 valence electrons. The average Bonchev–Trinajstić information content (AvgIpc) is 0.811. The molecule has 0 unspecified atom stereocenters. The Bertz CT molecular complexity index is 11.6. The first-order valence-electron chi connectivity index (χ1n) is 0.342. The van der Waals surface area contributed by atoms with E-state index >= 15 is 0 Å². The van der Waals surface area contributed by atoms with E-state index < -0.39 is 15.2 Å². The van der Waals surface area contributed by atoms with Gasteiger partial charge < -0.3 is 0 Å². The maximum atomic E-state index is 4.95. The van der Waals surface area contributed by atoms with Gasteiger partial charge in [0.1, 0.15) is 0 Å². The molecular formula is AuCl3K. The molecule has 0 saturated heterocycles. The summed E-state index contributed by atoms with van der Waals surface area (Å²) < 4.78 is 0. The van der Waals surface area contributed by atoms with E-state index in [1.54, 1.807) is 0 Å². The molecule has 0 rings (SSSR count). The van der Waals surface area contributed by atoms with Crippen LogP contribution < -0.4 is 0 Å². The minimum atomic E-state index is -1.79. The fourth-order valence-electron chi connectivity index (χ4n) is 0. The van der Waals surface area contributed by atoms with Crippen LogP contribution in [0.3, 0.4) is 0 Å². The van der Waals surface area contributed by atoms with Gasteiger partial charge >= 0.3 is 42.8 Å². The standard InChI is InChI=1S/Au.3ClH.K/h;3*1H;/q+3;;;;/p-3. The average molecular weight is 342 g/mol. The Hall–Kier alpha value is 3.25. The van der Waals surface area contributed by atoms with Gasteiger partial charge in [-0.2, -0.15) is 0 Å². The Kier molecular flexibility index (Phi) is 16.1. The van der Waals surface area contributed by atoms with Crippen LogP contribution in [-0.4, -0.2) is 51.4 Å². The van der Waals surface area contributed by atoms with Crippen molar-refractivity contribution in [2.45, 2.75) is 0 Å². The van der Waals surface area contributed by atoms with Crippen molar-refractivity contribution in [1.82, 2.24) is 0 Å². The van der Waals surface area contributed by atoms with E-state index in [0.29, 0.717) is 0 Å². The first-order chi connectivity index (χ1) is 1.73. The largest absolute Gasteiger partial charge is 0 e. The second-order valence-corrected chi connectivity index (χ2v) is 9.52. The predicted octanol–water partition coefficient (Wildman–Crippen LogP) is 1.69. The van der Waals surface area contributed by atoms with Gasteiger partial charge in [-0.3, -0.25) is 0 Å². The summed E-state index contributed by atoms with van der Waals surface area (Å²) in [6, 6.07) is 0. The zero-order chi connectivity index (χ0) is 3.58. The van der Waals surface area contributed by atoms with Crippen LogP contribution in [0, 0.1) is 0 Å². The van der Waals surface area contributed by atoms with Crippen molar-refractivity contribution in [1.29, 1.82) is 0 Å². The SMILES string of the molecule is [Cl][Au]([Cl])[Cl].[K]. The van der Waals surface area contributed by atoms with Crippen molar-refractivity contribution < 1.29 is 15.2 Å². The number of rotatable bonds is 0. The van der Waals surface area contributed by atoms with Gasteiger partial charge in [-0.05, 0) is 0 Å². The van der Waals surface area contributed by atoms with Crippen LogP contribution in [0.15, 0.2) is 0 Å². The molecule has 0 heterocycles. The summed E-state index contributed by atoms with van der Waals surface area (Å²) in [5.41, 5.74) is 0. The molecule has 0 aromatic heterocycles. The molecule has 0 fully saturated rings. The van der Waals surface area contributed by atoms with Crippen molar-refractivity contribution >= 4 is 79.0 Å². The Morgan fingerprint density at radius 3 is 1.00 bits per heavy atom. The molecule has 0 spiro atoms. The molecule has 1 radical (unpaired) electrons. The molecule has 0 bridgehead atoms.